The Labute approximate surface area is 81.1 Å². The third kappa shape index (κ3) is 2.29. The van der Waals surface area contributed by atoms with E-state index < -0.39 is 12.0 Å². The highest BCUT2D eigenvalue weighted by Gasteiger charge is 2.04. The van der Waals surface area contributed by atoms with Crippen molar-refractivity contribution in [3.63, 3.8) is 0 Å². The first-order valence-corrected chi connectivity index (χ1v) is 3.97. The second kappa shape index (κ2) is 3.65. The number of ether oxygens (including phenoxy) is 1. The molecule has 1 aromatic rings. The second-order valence-corrected chi connectivity index (χ2v) is 3.01. The summed E-state index contributed by atoms with van der Waals surface area (Å²) in [5, 5.41) is 0. The van der Waals surface area contributed by atoms with Crippen LogP contribution in [0, 0.1) is 9.52 Å². The van der Waals surface area contributed by atoms with E-state index in [-0.39, 0.29) is 5.88 Å². The Kier molecular flexibility index (Phi) is 2.79. The summed E-state index contributed by atoms with van der Waals surface area (Å²) < 4.78 is 17.4. The Hall–Kier alpha value is -0.920. The first-order chi connectivity index (χ1) is 5.59. The van der Waals surface area contributed by atoms with Crippen LogP contribution in [-0.4, -0.2) is 11.1 Å². The highest BCUT2D eigenvalue weighted by molar-refractivity contribution is 14.1. The van der Waals surface area contributed by atoms with Crippen molar-refractivity contribution in [2.75, 3.05) is 0 Å². The first-order valence-electron chi connectivity index (χ1n) is 2.89. The molecular weight excluding hydrogens is 278 g/mol. The smallest absolute Gasteiger partial charge is 0.391 e. The molecule has 0 aliphatic carbocycles. The molecule has 0 aliphatic rings. The third-order valence-electron chi connectivity index (χ3n) is 0.983. The van der Waals surface area contributed by atoms with E-state index in [1.165, 1.54) is 12.1 Å². The summed E-state index contributed by atoms with van der Waals surface area (Å²) in [7, 11) is 0. The van der Waals surface area contributed by atoms with E-state index in [0.717, 1.165) is 0 Å². The quantitative estimate of drug-likeness (QED) is 0.623. The number of amides is 1. The molecule has 12 heavy (non-hydrogen) atoms. The van der Waals surface area contributed by atoms with E-state index in [0.29, 0.717) is 3.57 Å². The molecule has 0 saturated carbocycles. The van der Waals surface area contributed by atoms with Gasteiger partial charge in [-0.2, -0.15) is 9.37 Å². The van der Waals surface area contributed by atoms with Crippen molar-refractivity contribution in [2.24, 2.45) is 5.73 Å². The molecule has 6 heteroatoms. The fourth-order valence-electron chi connectivity index (χ4n) is 0.561. The van der Waals surface area contributed by atoms with Gasteiger partial charge in [-0.3, -0.25) is 0 Å². The van der Waals surface area contributed by atoms with Crippen LogP contribution < -0.4 is 10.5 Å². The molecule has 0 radical (unpaired) electrons. The molecular formula is C6H4FIN2O2. The Morgan fingerprint density at radius 1 is 1.67 bits per heavy atom. The molecule has 0 unspecified atom stereocenters. The van der Waals surface area contributed by atoms with Crippen molar-refractivity contribution in [3.8, 4) is 5.88 Å². The summed E-state index contributed by atoms with van der Waals surface area (Å²) in [5.74, 6) is -0.824. The van der Waals surface area contributed by atoms with E-state index in [1.807, 2.05) is 0 Å². The average molecular weight is 282 g/mol. The average Bonchev–Trinajstić information content (AvgIpc) is 1.96. The summed E-state index contributed by atoms with van der Waals surface area (Å²) in [6.07, 6.45) is -1.01. The zero-order valence-corrected chi connectivity index (χ0v) is 7.91. The maximum Gasteiger partial charge on any atom is 0.411 e. The molecule has 0 saturated heterocycles. The maximum atomic E-state index is 12.7. The van der Waals surface area contributed by atoms with Gasteiger partial charge in [-0.25, -0.2) is 4.79 Å². The summed E-state index contributed by atoms with van der Waals surface area (Å²) in [6.45, 7) is 0. The van der Waals surface area contributed by atoms with Crippen LogP contribution in [0.5, 0.6) is 5.88 Å². The van der Waals surface area contributed by atoms with Crippen LogP contribution in [0.4, 0.5) is 9.18 Å². The van der Waals surface area contributed by atoms with Gasteiger partial charge in [-0.05, 0) is 28.7 Å². The van der Waals surface area contributed by atoms with E-state index in [1.54, 1.807) is 22.6 Å². The van der Waals surface area contributed by atoms with Crippen molar-refractivity contribution in [2.45, 2.75) is 0 Å². The SMILES string of the molecule is NC(=O)Oc1ccc(I)c(F)n1. The van der Waals surface area contributed by atoms with Gasteiger partial charge in [0.05, 0.1) is 3.57 Å². The van der Waals surface area contributed by atoms with Gasteiger partial charge in [0.25, 0.3) is 0 Å². The number of nitrogens with two attached hydrogens (primary N) is 1. The first kappa shape index (κ1) is 9.17. The highest BCUT2D eigenvalue weighted by atomic mass is 127. The summed E-state index contributed by atoms with van der Waals surface area (Å²) in [6, 6.07) is 2.79. The topological polar surface area (TPSA) is 65.2 Å². The molecule has 0 aromatic carbocycles. The predicted molar refractivity (Wildman–Crippen MR) is 47.1 cm³/mol. The van der Waals surface area contributed by atoms with Gasteiger partial charge >= 0.3 is 6.09 Å². The molecule has 4 nitrogen and oxygen atoms in total. The monoisotopic (exact) mass is 282 g/mol. The maximum absolute atomic E-state index is 12.7. The van der Waals surface area contributed by atoms with Gasteiger partial charge in [0, 0.05) is 6.07 Å². The summed E-state index contributed by atoms with van der Waals surface area (Å²) >= 11 is 1.77. The van der Waals surface area contributed by atoms with E-state index in [9.17, 15) is 9.18 Å². The molecule has 0 spiro atoms. The van der Waals surface area contributed by atoms with Gasteiger partial charge in [0.1, 0.15) is 0 Å². The molecule has 1 rings (SSSR count). The van der Waals surface area contributed by atoms with E-state index in [4.69, 9.17) is 0 Å². The van der Waals surface area contributed by atoms with Crippen molar-refractivity contribution < 1.29 is 13.9 Å². The highest BCUT2D eigenvalue weighted by Crippen LogP contribution is 2.13. The Bertz CT molecular complexity index is 318. The standard InChI is InChI=1S/C6H4FIN2O2/c7-5-3(8)1-2-4(10-5)12-6(9)11/h1-2H,(H2,9,11). The molecule has 0 atom stereocenters. The van der Waals surface area contributed by atoms with Crippen molar-refractivity contribution in [3.05, 3.63) is 21.7 Å². The molecule has 0 bridgehead atoms. The fraction of sp³-hybridized carbons (Fsp3) is 0. The van der Waals surface area contributed by atoms with Crippen LogP contribution >= 0.6 is 22.6 Å². The van der Waals surface area contributed by atoms with Gasteiger partial charge in [-0.1, -0.05) is 0 Å². The number of nitrogens with zero attached hydrogens (tertiary/aromatic N) is 1. The molecule has 64 valence electrons. The van der Waals surface area contributed by atoms with Crippen LogP contribution in [0.3, 0.4) is 0 Å². The minimum atomic E-state index is -1.01. The number of aromatic nitrogens is 1. The number of rotatable bonds is 1. The lowest BCUT2D eigenvalue weighted by Crippen LogP contribution is -2.17. The van der Waals surface area contributed by atoms with Crippen LogP contribution in [-0.2, 0) is 0 Å². The largest absolute Gasteiger partial charge is 0.411 e. The number of primary amides is 1. The third-order valence-corrected chi connectivity index (χ3v) is 1.79. The summed E-state index contributed by atoms with van der Waals surface area (Å²) in [4.78, 5) is 13.5. The van der Waals surface area contributed by atoms with Gasteiger partial charge in [-0.15, -0.1) is 0 Å². The normalized spacial score (nSPS) is 9.50. The summed E-state index contributed by atoms with van der Waals surface area (Å²) in [5.41, 5.74) is 4.69. The Morgan fingerprint density at radius 3 is 2.83 bits per heavy atom. The van der Waals surface area contributed by atoms with Crippen molar-refractivity contribution >= 4 is 28.7 Å². The number of halogens is 2. The Balaban J connectivity index is 2.89. The number of carbonyl (C=O) groups is 1. The molecule has 0 aliphatic heterocycles. The van der Waals surface area contributed by atoms with Crippen LogP contribution in [0.15, 0.2) is 12.1 Å². The van der Waals surface area contributed by atoms with Crippen LogP contribution in [0.25, 0.3) is 0 Å². The van der Waals surface area contributed by atoms with Gasteiger partial charge in [0.15, 0.2) is 0 Å². The minimum absolute atomic E-state index is 0.139. The lowest BCUT2D eigenvalue weighted by atomic mass is 10.5. The fourth-order valence-corrected chi connectivity index (χ4v) is 0.861. The second-order valence-electron chi connectivity index (χ2n) is 1.84. The van der Waals surface area contributed by atoms with Crippen molar-refractivity contribution in [1.82, 2.24) is 4.98 Å². The van der Waals surface area contributed by atoms with E-state index in [2.05, 4.69) is 15.5 Å². The van der Waals surface area contributed by atoms with Gasteiger partial charge in [0.2, 0.25) is 11.8 Å². The van der Waals surface area contributed by atoms with Gasteiger partial charge < -0.3 is 10.5 Å². The zero-order chi connectivity index (χ0) is 9.14. The molecule has 1 aromatic heterocycles. The van der Waals surface area contributed by atoms with Crippen LogP contribution in [0.1, 0.15) is 0 Å². The lowest BCUT2D eigenvalue weighted by Gasteiger charge is -1.99. The minimum Gasteiger partial charge on any atom is -0.391 e. The lowest BCUT2D eigenvalue weighted by molar-refractivity contribution is 0.208. The number of hydrogen-bond acceptors (Lipinski definition) is 3. The predicted octanol–water partition coefficient (Wildman–Crippen LogP) is 1.28. The van der Waals surface area contributed by atoms with Crippen molar-refractivity contribution in [1.29, 1.82) is 0 Å². The number of hydrogen-bond donors (Lipinski definition) is 1. The number of pyridine rings is 1. The molecule has 2 N–H and O–H groups in total. The van der Waals surface area contributed by atoms with Crippen LogP contribution in [0.2, 0.25) is 0 Å². The molecule has 1 amide bonds. The van der Waals surface area contributed by atoms with E-state index >= 15 is 0 Å². The number of carbonyl (C=O) groups excluding carboxylic acids is 1. The Morgan fingerprint density at radius 2 is 2.33 bits per heavy atom. The zero-order valence-electron chi connectivity index (χ0n) is 5.75. The molecule has 1 heterocycles. The molecule has 0 fully saturated rings.